The van der Waals surface area contributed by atoms with Gasteiger partial charge in [-0.05, 0) is 49.1 Å². The Balaban J connectivity index is 1.36. The predicted octanol–water partition coefficient (Wildman–Crippen LogP) is 3.76. The fourth-order valence-corrected chi connectivity index (χ4v) is 6.65. The summed E-state index contributed by atoms with van der Waals surface area (Å²) in [5, 5.41) is 3.62. The van der Waals surface area contributed by atoms with Gasteiger partial charge in [0, 0.05) is 24.4 Å². The fraction of sp³-hybridized carbons (Fsp3) is 0.240. The molecule has 34 heavy (non-hydrogen) atoms. The van der Waals surface area contributed by atoms with Crippen molar-refractivity contribution in [1.29, 1.82) is 0 Å². The van der Waals surface area contributed by atoms with Gasteiger partial charge in [-0.2, -0.15) is 0 Å². The lowest BCUT2D eigenvalue weighted by Gasteiger charge is -2.18. The largest absolute Gasteiger partial charge is 0.354 e. The lowest BCUT2D eigenvalue weighted by molar-refractivity contribution is -0.121. The molecule has 0 fully saturated rings. The molecule has 2 aromatic carbocycles. The number of benzene rings is 2. The molecule has 1 N–H and O–H groups in total. The second-order valence-corrected chi connectivity index (χ2v) is 11.2. The van der Waals surface area contributed by atoms with Crippen LogP contribution in [0.25, 0.3) is 0 Å². The molecule has 0 saturated heterocycles. The Labute approximate surface area is 202 Å². The zero-order chi connectivity index (χ0) is 24.3. The van der Waals surface area contributed by atoms with Gasteiger partial charge in [0.25, 0.3) is 11.8 Å². The molecule has 1 aliphatic rings. The van der Waals surface area contributed by atoms with Crippen LogP contribution in [0, 0.1) is 6.92 Å². The van der Waals surface area contributed by atoms with Crippen LogP contribution in [0.5, 0.6) is 0 Å². The minimum Gasteiger partial charge on any atom is -0.354 e. The fourth-order valence-electron chi connectivity index (χ4n) is 3.86. The van der Waals surface area contributed by atoms with Crippen LogP contribution in [-0.2, 0) is 14.6 Å². The van der Waals surface area contributed by atoms with Gasteiger partial charge < -0.3 is 5.32 Å². The maximum Gasteiger partial charge on any atom is 0.261 e. The molecule has 3 amide bonds. The number of hydrogen-bond donors (Lipinski definition) is 1. The zero-order valence-electron chi connectivity index (χ0n) is 18.6. The lowest BCUT2D eigenvalue weighted by atomic mass is 10.1. The van der Waals surface area contributed by atoms with E-state index in [0.717, 1.165) is 10.5 Å². The highest BCUT2D eigenvalue weighted by Gasteiger charge is 2.35. The lowest BCUT2D eigenvalue weighted by Crippen LogP contribution is -2.34. The van der Waals surface area contributed by atoms with Crippen molar-refractivity contribution in [2.75, 3.05) is 13.1 Å². The van der Waals surface area contributed by atoms with Crippen LogP contribution in [0.4, 0.5) is 0 Å². The van der Waals surface area contributed by atoms with E-state index in [1.807, 2.05) is 6.92 Å². The van der Waals surface area contributed by atoms with Gasteiger partial charge in [0.05, 0.1) is 16.0 Å². The minimum atomic E-state index is -3.72. The summed E-state index contributed by atoms with van der Waals surface area (Å²) in [6, 6.07) is 16.8. The number of aryl methyl sites for hydroxylation is 1. The Morgan fingerprint density at radius 1 is 0.971 bits per heavy atom. The standard InChI is InChI=1S/C25H24N2O5S2/c1-17-10-12-18(13-11-17)34(31,32)22(21-8-5-15-33-21)16-26-23(28)9-4-14-27-24(29)19-6-2-3-7-20(19)25(27)30/h2-3,5-8,10-13,15,22H,4,9,14,16H2,1H3,(H,26,28)/t22-/m0/s1. The van der Waals surface area contributed by atoms with Crippen molar-refractivity contribution in [2.45, 2.75) is 29.9 Å². The van der Waals surface area contributed by atoms with Crippen LogP contribution < -0.4 is 5.32 Å². The molecule has 3 aromatic rings. The first-order chi connectivity index (χ1) is 16.3. The van der Waals surface area contributed by atoms with Gasteiger partial charge in [-0.3, -0.25) is 19.3 Å². The van der Waals surface area contributed by atoms with Gasteiger partial charge in [0.1, 0.15) is 5.25 Å². The number of nitrogens with zero attached hydrogens (tertiary/aromatic N) is 1. The maximum absolute atomic E-state index is 13.3. The van der Waals surface area contributed by atoms with Gasteiger partial charge in [-0.1, -0.05) is 35.9 Å². The summed E-state index contributed by atoms with van der Waals surface area (Å²) >= 11 is 1.32. The van der Waals surface area contributed by atoms with E-state index in [2.05, 4.69) is 5.32 Å². The second kappa shape index (κ2) is 9.90. The van der Waals surface area contributed by atoms with E-state index in [4.69, 9.17) is 0 Å². The number of hydrogen-bond acceptors (Lipinski definition) is 6. The summed E-state index contributed by atoms with van der Waals surface area (Å²) in [4.78, 5) is 39.4. The van der Waals surface area contributed by atoms with E-state index in [0.29, 0.717) is 16.0 Å². The van der Waals surface area contributed by atoms with Crippen LogP contribution in [-0.4, -0.2) is 44.1 Å². The van der Waals surface area contributed by atoms with Gasteiger partial charge in [0.15, 0.2) is 9.84 Å². The van der Waals surface area contributed by atoms with Crippen molar-refractivity contribution >= 4 is 38.9 Å². The Hall–Kier alpha value is -3.30. The third kappa shape index (κ3) is 4.80. The maximum atomic E-state index is 13.3. The molecule has 4 rings (SSSR count). The molecule has 1 aromatic heterocycles. The Morgan fingerprint density at radius 3 is 2.21 bits per heavy atom. The molecule has 0 saturated carbocycles. The molecular formula is C25H24N2O5S2. The molecule has 0 spiro atoms. The van der Waals surface area contributed by atoms with Gasteiger partial charge in [-0.25, -0.2) is 8.42 Å². The van der Waals surface area contributed by atoms with Crippen molar-refractivity contribution in [2.24, 2.45) is 0 Å². The number of carbonyl (C=O) groups excluding carboxylic acids is 3. The molecule has 0 unspecified atom stereocenters. The van der Waals surface area contributed by atoms with Crippen LogP contribution in [0.15, 0.2) is 70.9 Å². The summed E-state index contributed by atoms with van der Waals surface area (Å²) in [6.45, 7) is 1.94. The van der Waals surface area contributed by atoms with Crippen molar-refractivity contribution in [1.82, 2.24) is 10.2 Å². The SMILES string of the molecule is Cc1ccc(S(=O)(=O)[C@@H](CNC(=O)CCCN2C(=O)c3ccccc3C2=O)c2cccs2)cc1. The van der Waals surface area contributed by atoms with E-state index >= 15 is 0 Å². The number of sulfone groups is 1. The molecule has 1 atom stereocenters. The predicted molar refractivity (Wildman–Crippen MR) is 129 cm³/mol. The van der Waals surface area contributed by atoms with Crippen molar-refractivity contribution in [3.63, 3.8) is 0 Å². The highest BCUT2D eigenvalue weighted by atomic mass is 32.2. The Morgan fingerprint density at radius 2 is 1.62 bits per heavy atom. The van der Waals surface area contributed by atoms with E-state index < -0.39 is 15.1 Å². The van der Waals surface area contributed by atoms with E-state index in [1.54, 1.807) is 66.0 Å². The number of fused-ring (bicyclic) bond motifs is 1. The van der Waals surface area contributed by atoms with Gasteiger partial charge in [-0.15, -0.1) is 11.3 Å². The highest BCUT2D eigenvalue weighted by molar-refractivity contribution is 7.91. The monoisotopic (exact) mass is 496 g/mol. The number of thiophene rings is 1. The smallest absolute Gasteiger partial charge is 0.261 e. The van der Waals surface area contributed by atoms with Crippen LogP contribution in [0.1, 0.15) is 49.2 Å². The Kier molecular flexibility index (Phi) is 6.95. The molecule has 0 aliphatic carbocycles. The summed E-state index contributed by atoms with van der Waals surface area (Å²) < 4.78 is 26.6. The molecule has 9 heteroatoms. The number of imide groups is 1. The summed E-state index contributed by atoms with van der Waals surface area (Å²) in [5.41, 5.74) is 1.70. The van der Waals surface area contributed by atoms with Gasteiger partial charge >= 0.3 is 0 Å². The van der Waals surface area contributed by atoms with Crippen molar-refractivity contribution in [3.05, 3.63) is 87.6 Å². The molecule has 2 heterocycles. The molecule has 0 bridgehead atoms. The number of carbonyl (C=O) groups is 3. The number of rotatable bonds is 9. The number of nitrogens with one attached hydrogen (secondary N) is 1. The first kappa shape index (κ1) is 23.8. The van der Waals surface area contributed by atoms with Crippen LogP contribution >= 0.6 is 11.3 Å². The third-order valence-electron chi connectivity index (χ3n) is 5.73. The average molecular weight is 497 g/mol. The molecule has 0 radical (unpaired) electrons. The zero-order valence-corrected chi connectivity index (χ0v) is 20.2. The minimum absolute atomic E-state index is 0.0646. The second-order valence-electron chi connectivity index (χ2n) is 8.08. The van der Waals surface area contributed by atoms with E-state index in [1.165, 1.54) is 11.3 Å². The van der Waals surface area contributed by atoms with E-state index in [9.17, 15) is 22.8 Å². The third-order valence-corrected chi connectivity index (χ3v) is 8.97. The first-order valence-corrected chi connectivity index (χ1v) is 13.3. The summed E-state index contributed by atoms with van der Waals surface area (Å²) in [7, 11) is -3.72. The quantitative estimate of drug-likeness (QED) is 0.455. The highest BCUT2D eigenvalue weighted by Crippen LogP contribution is 2.31. The normalized spacial score (nSPS) is 14.2. The van der Waals surface area contributed by atoms with Crippen LogP contribution in [0.3, 0.4) is 0 Å². The molecular weight excluding hydrogens is 472 g/mol. The summed E-state index contributed by atoms with van der Waals surface area (Å²) in [6.07, 6.45) is 0.348. The van der Waals surface area contributed by atoms with Crippen molar-refractivity contribution < 1.29 is 22.8 Å². The first-order valence-electron chi connectivity index (χ1n) is 10.8. The van der Waals surface area contributed by atoms with Gasteiger partial charge in [0.2, 0.25) is 5.91 Å². The number of amides is 3. The Bertz CT molecular complexity index is 1280. The topological polar surface area (TPSA) is 101 Å². The van der Waals surface area contributed by atoms with Crippen LogP contribution in [0.2, 0.25) is 0 Å². The molecule has 1 aliphatic heterocycles. The average Bonchev–Trinajstić information content (AvgIpc) is 3.43. The molecule has 176 valence electrons. The molecule has 7 nitrogen and oxygen atoms in total. The summed E-state index contributed by atoms with van der Waals surface area (Å²) in [5.74, 6) is -1.05. The van der Waals surface area contributed by atoms with E-state index in [-0.39, 0.29) is 48.5 Å². The van der Waals surface area contributed by atoms with Crippen molar-refractivity contribution in [3.8, 4) is 0 Å².